The van der Waals surface area contributed by atoms with Crippen molar-refractivity contribution in [3.8, 4) is 0 Å². The van der Waals surface area contributed by atoms with Gasteiger partial charge in [-0.2, -0.15) is 0 Å². The van der Waals surface area contributed by atoms with Crippen LogP contribution in [0.5, 0.6) is 0 Å². The van der Waals surface area contributed by atoms with E-state index < -0.39 is 11.9 Å². The van der Waals surface area contributed by atoms with E-state index in [0.29, 0.717) is 24.2 Å². The maximum atomic E-state index is 12.9. The van der Waals surface area contributed by atoms with E-state index in [9.17, 15) is 19.2 Å². The van der Waals surface area contributed by atoms with Gasteiger partial charge >= 0.3 is 0 Å². The average molecular weight is 398 g/mol. The molecule has 8 nitrogen and oxygen atoms in total. The van der Waals surface area contributed by atoms with Crippen LogP contribution < -0.4 is 10.6 Å². The Hall–Kier alpha value is -2.90. The summed E-state index contributed by atoms with van der Waals surface area (Å²) in [7, 11) is 0. The molecule has 0 saturated carbocycles. The highest BCUT2D eigenvalue weighted by Crippen LogP contribution is 2.29. The number of rotatable bonds is 4. The fourth-order valence-electron chi connectivity index (χ4n) is 4.41. The molecule has 3 aliphatic heterocycles. The first kappa shape index (κ1) is 19.4. The first-order valence-electron chi connectivity index (χ1n) is 10.2. The molecule has 2 unspecified atom stereocenters. The molecule has 2 saturated heterocycles. The molecule has 0 bridgehead atoms. The van der Waals surface area contributed by atoms with E-state index >= 15 is 0 Å². The van der Waals surface area contributed by atoms with E-state index in [2.05, 4.69) is 17.6 Å². The number of carbonyl (C=O) groups is 4. The number of hydrogen-bond donors (Lipinski definition) is 2. The van der Waals surface area contributed by atoms with Crippen LogP contribution >= 0.6 is 0 Å². The summed E-state index contributed by atoms with van der Waals surface area (Å²) >= 11 is 0. The highest BCUT2D eigenvalue weighted by molar-refractivity contribution is 6.05. The molecule has 3 aliphatic rings. The lowest BCUT2D eigenvalue weighted by molar-refractivity contribution is -0.137. The van der Waals surface area contributed by atoms with Gasteiger partial charge in [0.05, 0.1) is 6.54 Å². The third-order valence-electron chi connectivity index (χ3n) is 6.10. The summed E-state index contributed by atoms with van der Waals surface area (Å²) in [5.74, 6) is -0.861. The predicted molar refractivity (Wildman–Crippen MR) is 106 cm³/mol. The number of fused-ring (bicyclic) bond motifs is 1. The van der Waals surface area contributed by atoms with Gasteiger partial charge in [-0.1, -0.05) is 6.07 Å². The molecule has 3 heterocycles. The number of amides is 4. The van der Waals surface area contributed by atoms with Crippen LogP contribution in [-0.4, -0.2) is 58.6 Å². The van der Waals surface area contributed by atoms with Crippen molar-refractivity contribution >= 4 is 29.3 Å². The van der Waals surface area contributed by atoms with Crippen LogP contribution in [0.1, 0.15) is 54.9 Å². The number of imide groups is 1. The van der Waals surface area contributed by atoms with Gasteiger partial charge in [-0.05, 0) is 50.3 Å². The van der Waals surface area contributed by atoms with E-state index in [1.54, 1.807) is 6.07 Å². The van der Waals surface area contributed by atoms with Gasteiger partial charge in [0, 0.05) is 36.8 Å². The molecule has 0 aromatic heterocycles. The molecule has 4 amide bonds. The lowest BCUT2D eigenvalue weighted by Crippen LogP contribution is -2.52. The van der Waals surface area contributed by atoms with E-state index in [0.717, 1.165) is 31.4 Å². The zero-order valence-corrected chi connectivity index (χ0v) is 16.6. The second-order valence-electron chi connectivity index (χ2n) is 8.06. The van der Waals surface area contributed by atoms with Gasteiger partial charge in [0.25, 0.3) is 5.91 Å². The minimum atomic E-state index is -0.619. The fraction of sp³-hybridized carbons (Fsp3) is 0.524. The number of hydrogen-bond acceptors (Lipinski definition) is 5. The first-order chi connectivity index (χ1) is 13.9. The molecule has 4 rings (SSSR count). The van der Waals surface area contributed by atoms with Crippen LogP contribution in [0.2, 0.25) is 0 Å². The van der Waals surface area contributed by atoms with Gasteiger partial charge in [-0.25, -0.2) is 0 Å². The third-order valence-corrected chi connectivity index (χ3v) is 6.10. The minimum absolute atomic E-state index is 0.0641. The molecule has 1 aromatic rings. The van der Waals surface area contributed by atoms with Crippen LogP contribution in [-0.2, 0) is 20.9 Å². The maximum absolute atomic E-state index is 12.9. The van der Waals surface area contributed by atoms with Gasteiger partial charge < -0.3 is 15.1 Å². The standard InChI is InChI=1S/C21H26N4O4/c1-13-4-2-3-9-24(13)19(27)11-22-15-6-5-14-12-25(21(29)16(14)10-15)17-7-8-18(26)23-20(17)28/h5-6,10,13,17,22H,2-4,7-9,11-12H2,1H3,(H,23,26,28). The second-order valence-corrected chi connectivity index (χ2v) is 8.06. The molecule has 2 N–H and O–H groups in total. The van der Waals surface area contributed by atoms with E-state index in [1.165, 1.54) is 4.90 Å². The van der Waals surface area contributed by atoms with Crippen LogP contribution in [0.3, 0.4) is 0 Å². The predicted octanol–water partition coefficient (Wildman–Crippen LogP) is 1.26. The molecule has 2 fully saturated rings. The molecule has 0 aliphatic carbocycles. The molecule has 0 spiro atoms. The second kappa shape index (κ2) is 7.85. The fourth-order valence-corrected chi connectivity index (χ4v) is 4.41. The normalized spacial score (nSPS) is 24.4. The van der Waals surface area contributed by atoms with Gasteiger partial charge in [0.2, 0.25) is 17.7 Å². The lowest BCUT2D eigenvalue weighted by atomic mass is 10.0. The number of nitrogens with one attached hydrogen (secondary N) is 2. The average Bonchev–Trinajstić information content (AvgIpc) is 3.02. The minimum Gasteiger partial charge on any atom is -0.376 e. The highest BCUT2D eigenvalue weighted by atomic mass is 16.2. The quantitative estimate of drug-likeness (QED) is 0.744. The molecule has 1 aromatic carbocycles. The Morgan fingerprint density at radius 2 is 2.03 bits per heavy atom. The Morgan fingerprint density at radius 1 is 1.21 bits per heavy atom. The van der Waals surface area contributed by atoms with Crippen molar-refractivity contribution in [3.05, 3.63) is 29.3 Å². The Bertz CT molecular complexity index is 868. The van der Waals surface area contributed by atoms with E-state index in [1.807, 2.05) is 17.0 Å². The Morgan fingerprint density at radius 3 is 2.79 bits per heavy atom. The number of nitrogens with zero attached hydrogens (tertiary/aromatic N) is 2. The molecule has 29 heavy (non-hydrogen) atoms. The summed E-state index contributed by atoms with van der Waals surface area (Å²) in [4.78, 5) is 52.3. The molecular weight excluding hydrogens is 372 g/mol. The van der Waals surface area contributed by atoms with Crippen LogP contribution in [0, 0.1) is 0 Å². The van der Waals surface area contributed by atoms with Crippen LogP contribution in [0.15, 0.2) is 18.2 Å². The van der Waals surface area contributed by atoms with Crippen molar-refractivity contribution in [1.29, 1.82) is 0 Å². The molecule has 154 valence electrons. The Labute approximate surface area is 169 Å². The summed E-state index contributed by atoms with van der Waals surface area (Å²) in [6, 6.07) is 5.10. The van der Waals surface area contributed by atoms with Crippen LogP contribution in [0.4, 0.5) is 5.69 Å². The number of anilines is 1. The van der Waals surface area contributed by atoms with Gasteiger partial charge in [0.1, 0.15) is 6.04 Å². The number of likely N-dealkylation sites (tertiary alicyclic amines) is 1. The van der Waals surface area contributed by atoms with E-state index in [4.69, 9.17) is 0 Å². The zero-order chi connectivity index (χ0) is 20.5. The Balaban J connectivity index is 1.41. The highest BCUT2D eigenvalue weighted by Gasteiger charge is 2.39. The summed E-state index contributed by atoms with van der Waals surface area (Å²) in [5.41, 5.74) is 2.10. The monoisotopic (exact) mass is 398 g/mol. The van der Waals surface area contributed by atoms with Gasteiger partial charge in [-0.3, -0.25) is 24.5 Å². The number of piperidine rings is 2. The summed E-state index contributed by atoms with van der Waals surface area (Å²) < 4.78 is 0. The summed E-state index contributed by atoms with van der Waals surface area (Å²) in [6.07, 6.45) is 3.82. The largest absolute Gasteiger partial charge is 0.376 e. The maximum Gasteiger partial charge on any atom is 0.255 e. The first-order valence-corrected chi connectivity index (χ1v) is 10.2. The van der Waals surface area contributed by atoms with Gasteiger partial charge in [0.15, 0.2) is 0 Å². The van der Waals surface area contributed by atoms with Crippen molar-refractivity contribution < 1.29 is 19.2 Å². The molecule has 8 heteroatoms. The SMILES string of the molecule is CC1CCCCN1C(=O)CNc1ccc2c(c1)C(=O)N(C1CCC(=O)NC1=O)C2. The molecular formula is C21H26N4O4. The summed E-state index contributed by atoms with van der Waals surface area (Å²) in [5, 5.41) is 5.44. The van der Waals surface area contributed by atoms with Crippen molar-refractivity contribution in [1.82, 2.24) is 15.1 Å². The topological polar surface area (TPSA) is 98.8 Å². The van der Waals surface area contributed by atoms with Crippen molar-refractivity contribution in [2.45, 2.75) is 57.7 Å². The lowest BCUT2D eigenvalue weighted by Gasteiger charge is -2.33. The summed E-state index contributed by atoms with van der Waals surface area (Å²) in [6.45, 7) is 3.42. The molecule has 2 atom stereocenters. The molecule has 0 radical (unpaired) electrons. The van der Waals surface area contributed by atoms with Crippen molar-refractivity contribution in [2.24, 2.45) is 0 Å². The van der Waals surface area contributed by atoms with Crippen molar-refractivity contribution in [2.75, 3.05) is 18.4 Å². The number of carbonyl (C=O) groups excluding carboxylic acids is 4. The van der Waals surface area contributed by atoms with Crippen molar-refractivity contribution in [3.63, 3.8) is 0 Å². The van der Waals surface area contributed by atoms with Crippen LogP contribution in [0.25, 0.3) is 0 Å². The van der Waals surface area contributed by atoms with E-state index in [-0.39, 0.29) is 36.7 Å². The Kier molecular flexibility index (Phi) is 5.25. The number of benzene rings is 1. The van der Waals surface area contributed by atoms with Gasteiger partial charge in [-0.15, -0.1) is 0 Å². The smallest absolute Gasteiger partial charge is 0.255 e. The zero-order valence-electron chi connectivity index (χ0n) is 16.6. The third kappa shape index (κ3) is 3.83.